The van der Waals surface area contributed by atoms with Gasteiger partial charge in [0.25, 0.3) is 5.91 Å². The molecule has 78 valence electrons. The molecule has 0 aromatic heterocycles. The van der Waals surface area contributed by atoms with Crippen molar-refractivity contribution >= 4 is 17.8 Å². The number of carbonyl (C=O) groups excluding carboxylic acids is 3. The van der Waals surface area contributed by atoms with Crippen LogP contribution in [0, 0.1) is 0 Å². The van der Waals surface area contributed by atoms with Crippen molar-refractivity contribution in [2.75, 3.05) is 13.1 Å². The Kier molecular flexibility index (Phi) is 3.19. The van der Waals surface area contributed by atoms with Crippen molar-refractivity contribution in [3.63, 3.8) is 0 Å². The fourth-order valence-corrected chi connectivity index (χ4v) is 1.31. The summed E-state index contributed by atoms with van der Waals surface area (Å²) < 4.78 is 4.68. The van der Waals surface area contributed by atoms with Gasteiger partial charge in [-0.1, -0.05) is 0 Å². The number of nitrogens with zero attached hydrogens (tertiary/aromatic N) is 1. The SMILES string of the molecule is CC(=O)OC1CC(=O)N(CCN)C1=O. The summed E-state index contributed by atoms with van der Waals surface area (Å²) in [4.78, 5) is 34.2. The average Bonchev–Trinajstić information content (AvgIpc) is 2.32. The van der Waals surface area contributed by atoms with Gasteiger partial charge in [-0.05, 0) is 0 Å². The molecule has 1 heterocycles. The van der Waals surface area contributed by atoms with E-state index in [4.69, 9.17) is 5.73 Å². The second-order valence-corrected chi connectivity index (χ2v) is 2.97. The smallest absolute Gasteiger partial charge is 0.303 e. The van der Waals surface area contributed by atoms with Crippen molar-refractivity contribution in [2.24, 2.45) is 5.73 Å². The van der Waals surface area contributed by atoms with E-state index in [1.54, 1.807) is 0 Å². The normalized spacial score (nSPS) is 21.6. The van der Waals surface area contributed by atoms with Gasteiger partial charge in [0, 0.05) is 20.0 Å². The van der Waals surface area contributed by atoms with Crippen molar-refractivity contribution in [1.82, 2.24) is 4.90 Å². The predicted molar refractivity (Wildman–Crippen MR) is 45.9 cm³/mol. The van der Waals surface area contributed by atoms with Gasteiger partial charge in [0.1, 0.15) is 0 Å². The molecular weight excluding hydrogens is 188 g/mol. The van der Waals surface area contributed by atoms with Crippen LogP contribution < -0.4 is 5.73 Å². The van der Waals surface area contributed by atoms with E-state index in [0.29, 0.717) is 0 Å². The van der Waals surface area contributed by atoms with E-state index in [-0.39, 0.29) is 25.4 Å². The van der Waals surface area contributed by atoms with E-state index in [1.165, 1.54) is 6.92 Å². The lowest BCUT2D eigenvalue weighted by atomic mass is 10.3. The highest BCUT2D eigenvalue weighted by Gasteiger charge is 2.40. The third-order valence-corrected chi connectivity index (χ3v) is 1.86. The molecule has 14 heavy (non-hydrogen) atoms. The number of esters is 1. The Balaban J connectivity index is 2.64. The Bertz CT molecular complexity index is 277. The summed E-state index contributed by atoms with van der Waals surface area (Å²) in [6.07, 6.45) is -1.02. The molecule has 0 aromatic carbocycles. The second-order valence-electron chi connectivity index (χ2n) is 2.97. The molecule has 0 radical (unpaired) electrons. The fourth-order valence-electron chi connectivity index (χ4n) is 1.31. The molecule has 2 amide bonds. The van der Waals surface area contributed by atoms with Crippen molar-refractivity contribution in [1.29, 1.82) is 0 Å². The van der Waals surface area contributed by atoms with Crippen LogP contribution in [0.5, 0.6) is 0 Å². The van der Waals surface area contributed by atoms with Crippen LogP contribution in [0.1, 0.15) is 13.3 Å². The molecule has 6 nitrogen and oxygen atoms in total. The number of amides is 2. The first-order valence-electron chi connectivity index (χ1n) is 4.27. The summed E-state index contributed by atoms with van der Waals surface area (Å²) in [6, 6.07) is 0. The number of likely N-dealkylation sites (tertiary alicyclic amines) is 1. The summed E-state index contributed by atoms with van der Waals surface area (Å²) >= 11 is 0. The minimum Gasteiger partial charge on any atom is -0.452 e. The molecule has 1 fully saturated rings. The zero-order valence-corrected chi connectivity index (χ0v) is 7.86. The summed E-state index contributed by atoms with van der Waals surface area (Å²) in [6.45, 7) is 1.59. The van der Waals surface area contributed by atoms with Crippen LogP contribution in [0.4, 0.5) is 0 Å². The number of hydrogen-bond acceptors (Lipinski definition) is 5. The first-order chi connectivity index (χ1) is 6.56. The lowest BCUT2D eigenvalue weighted by molar-refractivity contribution is -0.154. The van der Waals surface area contributed by atoms with E-state index in [1.807, 2.05) is 0 Å². The summed E-state index contributed by atoms with van der Waals surface area (Å²) in [5.74, 6) is -1.38. The van der Waals surface area contributed by atoms with Crippen molar-refractivity contribution in [3.05, 3.63) is 0 Å². The molecule has 0 bridgehead atoms. The molecule has 0 saturated carbocycles. The topological polar surface area (TPSA) is 89.7 Å². The fraction of sp³-hybridized carbons (Fsp3) is 0.625. The molecule has 1 atom stereocenters. The second kappa shape index (κ2) is 4.19. The summed E-state index contributed by atoms with van der Waals surface area (Å²) in [5, 5.41) is 0. The monoisotopic (exact) mass is 200 g/mol. The molecule has 1 saturated heterocycles. The van der Waals surface area contributed by atoms with Crippen LogP contribution in [-0.2, 0) is 19.1 Å². The molecule has 1 aliphatic heterocycles. The number of ether oxygens (including phenoxy) is 1. The van der Waals surface area contributed by atoms with Crippen LogP contribution in [-0.4, -0.2) is 41.9 Å². The van der Waals surface area contributed by atoms with Crippen molar-refractivity contribution in [2.45, 2.75) is 19.4 Å². The molecular formula is C8H12N2O4. The highest BCUT2D eigenvalue weighted by Crippen LogP contribution is 2.15. The molecule has 1 unspecified atom stereocenters. The maximum absolute atomic E-state index is 11.4. The predicted octanol–water partition coefficient (Wildman–Crippen LogP) is -1.36. The van der Waals surface area contributed by atoms with Crippen LogP contribution in [0.3, 0.4) is 0 Å². The van der Waals surface area contributed by atoms with Gasteiger partial charge < -0.3 is 10.5 Å². The number of rotatable bonds is 3. The minimum absolute atomic E-state index is 0.0710. The lowest BCUT2D eigenvalue weighted by Crippen LogP contribution is -2.36. The maximum Gasteiger partial charge on any atom is 0.303 e. The quantitative estimate of drug-likeness (QED) is 0.448. The van der Waals surface area contributed by atoms with Gasteiger partial charge in [0.2, 0.25) is 5.91 Å². The Morgan fingerprint density at radius 1 is 1.64 bits per heavy atom. The van der Waals surface area contributed by atoms with Gasteiger partial charge in [0.15, 0.2) is 6.10 Å². The van der Waals surface area contributed by atoms with Crippen LogP contribution in [0.15, 0.2) is 0 Å². The van der Waals surface area contributed by atoms with Gasteiger partial charge in [-0.15, -0.1) is 0 Å². The Morgan fingerprint density at radius 3 is 2.79 bits per heavy atom. The summed E-state index contributed by atoms with van der Waals surface area (Å²) in [5.41, 5.74) is 5.23. The van der Waals surface area contributed by atoms with Gasteiger partial charge >= 0.3 is 5.97 Å². The van der Waals surface area contributed by atoms with E-state index in [9.17, 15) is 14.4 Å². The maximum atomic E-state index is 11.4. The van der Waals surface area contributed by atoms with Crippen molar-refractivity contribution in [3.8, 4) is 0 Å². The van der Waals surface area contributed by atoms with E-state index >= 15 is 0 Å². The molecule has 1 rings (SSSR count). The molecule has 6 heteroatoms. The number of nitrogens with two attached hydrogens (primary N) is 1. The zero-order chi connectivity index (χ0) is 10.7. The zero-order valence-electron chi connectivity index (χ0n) is 7.86. The van der Waals surface area contributed by atoms with Gasteiger partial charge in [-0.3, -0.25) is 19.3 Å². The molecule has 2 N–H and O–H groups in total. The van der Waals surface area contributed by atoms with Gasteiger partial charge in [-0.2, -0.15) is 0 Å². The number of imide groups is 1. The molecule has 0 aliphatic carbocycles. The van der Waals surface area contributed by atoms with E-state index in [2.05, 4.69) is 4.74 Å². The van der Waals surface area contributed by atoms with Gasteiger partial charge in [0.05, 0.1) is 6.42 Å². The van der Waals surface area contributed by atoms with Crippen molar-refractivity contribution < 1.29 is 19.1 Å². The largest absolute Gasteiger partial charge is 0.452 e. The summed E-state index contributed by atoms with van der Waals surface area (Å²) in [7, 11) is 0. The highest BCUT2D eigenvalue weighted by atomic mass is 16.5. The standard InChI is InChI=1S/C8H12N2O4/c1-5(11)14-6-4-7(12)10(3-2-9)8(6)13/h6H,2-4,9H2,1H3. The molecule has 0 spiro atoms. The van der Waals surface area contributed by atoms with E-state index < -0.39 is 18.0 Å². The highest BCUT2D eigenvalue weighted by molar-refractivity contribution is 6.05. The van der Waals surface area contributed by atoms with E-state index in [0.717, 1.165) is 4.90 Å². The van der Waals surface area contributed by atoms with Crippen LogP contribution >= 0.6 is 0 Å². The minimum atomic E-state index is -0.952. The van der Waals surface area contributed by atoms with Crippen LogP contribution in [0.25, 0.3) is 0 Å². The Hall–Kier alpha value is -1.43. The number of hydrogen-bond donors (Lipinski definition) is 1. The lowest BCUT2D eigenvalue weighted by Gasteiger charge is -2.12. The molecule has 0 aromatic rings. The first kappa shape index (κ1) is 10.6. The Morgan fingerprint density at radius 2 is 2.29 bits per heavy atom. The molecule has 1 aliphatic rings. The first-order valence-corrected chi connectivity index (χ1v) is 4.27. The number of carbonyl (C=O) groups is 3. The van der Waals surface area contributed by atoms with Crippen LogP contribution in [0.2, 0.25) is 0 Å². The Labute approximate surface area is 81.0 Å². The average molecular weight is 200 g/mol. The third-order valence-electron chi connectivity index (χ3n) is 1.86. The van der Waals surface area contributed by atoms with Gasteiger partial charge in [-0.25, -0.2) is 0 Å². The third kappa shape index (κ3) is 2.08.